The zero-order chi connectivity index (χ0) is 21.2. The van der Waals surface area contributed by atoms with E-state index >= 15 is 0 Å². The molecule has 0 radical (unpaired) electrons. The van der Waals surface area contributed by atoms with Crippen LogP contribution in [-0.2, 0) is 16.4 Å². The number of nitrogens with zero attached hydrogens (tertiary/aromatic N) is 1. The van der Waals surface area contributed by atoms with Crippen molar-refractivity contribution in [3.63, 3.8) is 0 Å². The number of thiazole rings is 1. The van der Waals surface area contributed by atoms with Gasteiger partial charge in [-0.1, -0.05) is 23.7 Å². The Balaban J connectivity index is 1.70. The molecule has 0 saturated carbocycles. The van der Waals surface area contributed by atoms with Crippen molar-refractivity contribution in [2.45, 2.75) is 37.6 Å². The van der Waals surface area contributed by atoms with E-state index in [0.29, 0.717) is 13.0 Å². The summed E-state index contributed by atoms with van der Waals surface area (Å²) in [4.78, 5) is 17.1. The molecule has 0 spiro atoms. The Morgan fingerprint density at radius 1 is 1.17 bits per heavy atom. The Morgan fingerprint density at radius 2 is 1.90 bits per heavy atom. The minimum absolute atomic E-state index is 0.00634. The number of hydrogen-bond acceptors (Lipinski definition) is 5. The molecule has 0 fully saturated rings. The molecular formula is C20H22ClN3O3S2. The first-order valence-electron chi connectivity index (χ1n) is 9.01. The number of amides is 1. The van der Waals surface area contributed by atoms with Crippen molar-refractivity contribution in [2.24, 2.45) is 0 Å². The molecule has 9 heteroatoms. The fraction of sp³-hybridized carbons (Fsp3) is 0.300. The molecule has 0 aliphatic rings. The Labute approximate surface area is 179 Å². The third-order valence-corrected chi connectivity index (χ3v) is 7.08. The lowest BCUT2D eigenvalue weighted by molar-refractivity contribution is 0.0954. The quantitative estimate of drug-likeness (QED) is 0.592. The molecule has 154 valence electrons. The van der Waals surface area contributed by atoms with Gasteiger partial charge in [0.1, 0.15) is 0 Å². The molecule has 0 saturated heterocycles. The summed E-state index contributed by atoms with van der Waals surface area (Å²) >= 11 is 7.72. The number of fused-ring (bicyclic) bond motifs is 1. The van der Waals surface area contributed by atoms with E-state index in [0.717, 1.165) is 15.2 Å². The van der Waals surface area contributed by atoms with Gasteiger partial charge in [-0.25, -0.2) is 18.1 Å². The molecule has 3 rings (SSSR count). The van der Waals surface area contributed by atoms with E-state index in [1.807, 2.05) is 24.3 Å². The number of benzene rings is 2. The Morgan fingerprint density at radius 3 is 2.59 bits per heavy atom. The van der Waals surface area contributed by atoms with E-state index in [1.165, 1.54) is 18.2 Å². The average molecular weight is 452 g/mol. The van der Waals surface area contributed by atoms with Crippen molar-refractivity contribution in [2.75, 3.05) is 6.54 Å². The molecule has 3 aromatic rings. The summed E-state index contributed by atoms with van der Waals surface area (Å²) in [6.07, 6.45) is 0.576. The molecule has 0 bridgehead atoms. The van der Waals surface area contributed by atoms with Gasteiger partial charge < -0.3 is 5.32 Å². The van der Waals surface area contributed by atoms with Crippen LogP contribution in [0, 0.1) is 0 Å². The van der Waals surface area contributed by atoms with Gasteiger partial charge in [0.2, 0.25) is 10.0 Å². The average Bonchev–Trinajstić information content (AvgIpc) is 3.02. The summed E-state index contributed by atoms with van der Waals surface area (Å²) in [5.74, 6) is -0.427. The van der Waals surface area contributed by atoms with Gasteiger partial charge in [-0.3, -0.25) is 4.79 Å². The van der Waals surface area contributed by atoms with E-state index in [-0.39, 0.29) is 15.5 Å². The molecule has 0 unspecified atom stereocenters. The Kier molecular flexibility index (Phi) is 6.28. The van der Waals surface area contributed by atoms with Crippen molar-refractivity contribution in [1.29, 1.82) is 0 Å². The maximum atomic E-state index is 12.6. The maximum absolute atomic E-state index is 12.6. The number of hydrogen-bond donors (Lipinski definition) is 2. The number of carbonyl (C=O) groups is 1. The zero-order valence-electron chi connectivity index (χ0n) is 16.3. The topological polar surface area (TPSA) is 88.2 Å². The molecule has 6 nitrogen and oxygen atoms in total. The van der Waals surface area contributed by atoms with E-state index < -0.39 is 21.5 Å². The second-order valence-electron chi connectivity index (χ2n) is 7.58. The van der Waals surface area contributed by atoms with Gasteiger partial charge in [-0.05, 0) is 51.1 Å². The highest BCUT2D eigenvalue weighted by Crippen LogP contribution is 2.23. The summed E-state index contributed by atoms with van der Waals surface area (Å²) in [6.45, 7) is 5.61. The maximum Gasteiger partial charge on any atom is 0.252 e. The summed E-state index contributed by atoms with van der Waals surface area (Å²) in [5, 5.41) is 3.90. The van der Waals surface area contributed by atoms with Crippen molar-refractivity contribution in [1.82, 2.24) is 15.0 Å². The molecule has 1 heterocycles. The monoisotopic (exact) mass is 451 g/mol. The minimum Gasteiger partial charge on any atom is -0.352 e. The summed E-state index contributed by atoms with van der Waals surface area (Å²) in [5.41, 5.74) is 0.414. The third-order valence-electron chi connectivity index (χ3n) is 3.90. The van der Waals surface area contributed by atoms with Crippen LogP contribution in [0.4, 0.5) is 0 Å². The first-order valence-corrected chi connectivity index (χ1v) is 11.7. The zero-order valence-corrected chi connectivity index (χ0v) is 18.7. The number of halogens is 1. The molecule has 0 aliphatic carbocycles. The predicted molar refractivity (Wildman–Crippen MR) is 117 cm³/mol. The molecule has 29 heavy (non-hydrogen) atoms. The van der Waals surface area contributed by atoms with Crippen LogP contribution in [0.15, 0.2) is 47.4 Å². The van der Waals surface area contributed by atoms with E-state index in [1.54, 1.807) is 32.1 Å². The number of carbonyl (C=O) groups excluding carboxylic acids is 1. The number of aromatic nitrogens is 1. The molecule has 0 atom stereocenters. The van der Waals surface area contributed by atoms with Gasteiger partial charge in [-0.15, -0.1) is 11.3 Å². The highest BCUT2D eigenvalue weighted by molar-refractivity contribution is 7.89. The summed E-state index contributed by atoms with van der Waals surface area (Å²) in [7, 11) is -3.77. The van der Waals surface area contributed by atoms with Crippen LogP contribution in [0.5, 0.6) is 0 Å². The number of nitrogens with one attached hydrogen (secondary N) is 2. The largest absolute Gasteiger partial charge is 0.352 e. The number of rotatable bonds is 6. The van der Waals surface area contributed by atoms with Crippen LogP contribution in [0.3, 0.4) is 0 Å². The highest BCUT2D eigenvalue weighted by atomic mass is 35.5. The lowest BCUT2D eigenvalue weighted by Crippen LogP contribution is -2.40. The first-order chi connectivity index (χ1) is 13.5. The Hall–Kier alpha value is -2.00. The number of sulfonamides is 1. The van der Waals surface area contributed by atoms with E-state index in [2.05, 4.69) is 15.0 Å². The fourth-order valence-corrected chi connectivity index (χ4v) is 5.33. The third kappa shape index (κ3) is 5.54. The first kappa shape index (κ1) is 21.7. The molecular weight excluding hydrogens is 430 g/mol. The summed E-state index contributed by atoms with van der Waals surface area (Å²) in [6, 6.07) is 11.9. The SMILES string of the molecule is CC(C)(C)NS(=O)(=O)c1ccc(Cl)c(C(=O)NCCc2nc3ccccc3s2)c1. The minimum atomic E-state index is -3.77. The van der Waals surface area contributed by atoms with Crippen LogP contribution in [0.2, 0.25) is 5.02 Å². The highest BCUT2D eigenvalue weighted by Gasteiger charge is 2.23. The van der Waals surface area contributed by atoms with Gasteiger partial charge in [0.05, 0.1) is 30.7 Å². The van der Waals surface area contributed by atoms with Crippen molar-refractivity contribution in [3.8, 4) is 0 Å². The molecule has 0 aliphatic heterocycles. The predicted octanol–water partition coefficient (Wildman–Crippen LogP) is 4.00. The van der Waals surface area contributed by atoms with Gasteiger partial charge in [0.25, 0.3) is 5.91 Å². The van der Waals surface area contributed by atoms with Gasteiger partial charge >= 0.3 is 0 Å². The molecule has 1 aromatic heterocycles. The van der Waals surface area contributed by atoms with Crippen LogP contribution in [0.1, 0.15) is 36.1 Å². The summed E-state index contributed by atoms with van der Waals surface area (Å²) < 4.78 is 28.7. The van der Waals surface area contributed by atoms with Crippen LogP contribution >= 0.6 is 22.9 Å². The molecule has 2 aromatic carbocycles. The second-order valence-corrected chi connectivity index (χ2v) is 10.8. The van der Waals surface area contributed by atoms with Crippen molar-refractivity contribution >= 4 is 49.1 Å². The van der Waals surface area contributed by atoms with Crippen molar-refractivity contribution < 1.29 is 13.2 Å². The van der Waals surface area contributed by atoms with Gasteiger partial charge in [0, 0.05) is 18.5 Å². The van der Waals surface area contributed by atoms with Gasteiger partial charge in [0.15, 0.2) is 0 Å². The standard InChI is InChI=1S/C20H22ClN3O3S2/c1-20(2,3)24-29(26,27)13-8-9-15(21)14(12-13)19(25)22-11-10-18-23-16-6-4-5-7-17(16)28-18/h4-9,12,24H,10-11H2,1-3H3,(H,22,25). The van der Waals surface area contributed by atoms with E-state index in [9.17, 15) is 13.2 Å². The number of para-hydroxylation sites is 1. The van der Waals surface area contributed by atoms with Crippen LogP contribution in [0.25, 0.3) is 10.2 Å². The Bertz CT molecular complexity index is 1120. The lowest BCUT2D eigenvalue weighted by Gasteiger charge is -2.20. The fourth-order valence-electron chi connectivity index (χ4n) is 2.71. The normalized spacial score (nSPS) is 12.3. The van der Waals surface area contributed by atoms with Crippen LogP contribution in [-0.4, -0.2) is 31.4 Å². The molecule has 1 amide bonds. The molecule has 2 N–H and O–H groups in total. The van der Waals surface area contributed by atoms with Crippen molar-refractivity contribution in [3.05, 3.63) is 58.1 Å². The van der Waals surface area contributed by atoms with Crippen LogP contribution < -0.4 is 10.0 Å². The second kappa shape index (κ2) is 8.39. The lowest BCUT2D eigenvalue weighted by atomic mass is 10.1. The van der Waals surface area contributed by atoms with Gasteiger partial charge in [-0.2, -0.15) is 0 Å². The smallest absolute Gasteiger partial charge is 0.252 e. The van der Waals surface area contributed by atoms with E-state index in [4.69, 9.17) is 11.6 Å².